The van der Waals surface area contributed by atoms with Crippen LogP contribution in [0.5, 0.6) is 0 Å². The molecule has 7 heteroatoms. The Kier molecular flexibility index (Phi) is 4.06. The summed E-state index contributed by atoms with van der Waals surface area (Å²) >= 11 is 0. The standard InChI is InChI=1S/C15H20N6O/c1-11-3-4-16-13(9-11)19-15(22)21-8-7-20(2)12(10-21)14-17-5-6-18-14/h3-6,9,12H,7-8,10H2,1-2H3,(H,17,18)(H,16,19,22)/t12-/m1/s1. The van der Waals surface area contributed by atoms with Crippen LogP contribution in [-0.4, -0.2) is 57.5 Å². The van der Waals surface area contributed by atoms with Gasteiger partial charge in [-0.05, 0) is 31.7 Å². The number of piperazine rings is 1. The predicted octanol–water partition coefficient (Wildman–Crippen LogP) is 1.63. The van der Waals surface area contributed by atoms with Crippen molar-refractivity contribution in [1.82, 2.24) is 24.8 Å². The summed E-state index contributed by atoms with van der Waals surface area (Å²) in [5, 5.41) is 2.86. The first-order valence-corrected chi connectivity index (χ1v) is 7.31. The van der Waals surface area contributed by atoms with E-state index >= 15 is 0 Å². The summed E-state index contributed by atoms with van der Waals surface area (Å²) in [5.41, 5.74) is 1.07. The normalized spacial score (nSPS) is 19.2. The Morgan fingerprint density at radius 3 is 2.95 bits per heavy atom. The van der Waals surface area contributed by atoms with Gasteiger partial charge in [-0.3, -0.25) is 10.2 Å². The Hall–Kier alpha value is -2.41. The highest BCUT2D eigenvalue weighted by molar-refractivity contribution is 5.88. The van der Waals surface area contributed by atoms with Gasteiger partial charge in [-0.15, -0.1) is 0 Å². The molecule has 1 saturated heterocycles. The van der Waals surface area contributed by atoms with Gasteiger partial charge in [0.15, 0.2) is 0 Å². The molecule has 0 aromatic carbocycles. The summed E-state index contributed by atoms with van der Waals surface area (Å²) in [6.45, 7) is 4.06. The number of urea groups is 1. The first-order valence-electron chi connectivity index (χ1n) is 7.31. The second-order valence-corrected chi connectivity index (χ2v) is 5.57. The Labute approximate surface area is 129 Å². The number of aromatic nitrogens is 3. The Bertz CT molecular complexity index is 641. The van der Waals surface area contributed by atoms with Gasteiger partial charge in [-0.25, -0.2) is 14.8 Å². The number of H-pyrrole nitrogens is 1. The van der Waals surface area contributed by atoms with Crippen molar-refractivity contribution in [2.24, 2.45) is 0 Å². The van der Waals surface area contributed by atoms with Crippen molar-refractivity contribution in [3.05, 3.63) is 42.1 Å². The molecular weight excluding hydrogens is 280 g/mol. The van der Waals surface area contributed by atoms with Crippen molar-refractivity contribution >= 4 is 11.8 Å². The quantitative estimate of drug-likeness (QED) is 0.884. The van der Waals surface area contributed by atoms with Crippen molar-refractivity contribution in [1.29, 1.82) is 0 Å². The largest absolute Gasteiger partial charge is 0.347 e. The fourth-order valence-corrected chi connectivity index (χ4v) is 2.61. The molecule has 0 bridgehead atoms. The van der Waals surface area contributed by atoms with Gasteiger partial charge in [0.05, 0.1) is 6.04 Å². The van der Waals surface area contributed by atoms with E-state index in [1.165, 1.54) is 0 Å². The number of carbonyl (C=O) groups is 1. The summed E-state index contributed by atoms with van der Waals surface area (Å²) in [7, 11) is 2.05. The van der Waals surface area contributed by atoms with E-state index in [-0.39, 0.29) is 12.1 Å². The lowest BCUT2D eigenvalue weighted by atomic mass is 10.1. The first-order chi connectivity index (χ1) is 10.6. The molecule has 2 N–H and O–H groups in total. The number of pyridine rings is 1. The number of amides is 2. The molecule has 0 spiro atoms. The zero-order chi connectivity index (χ0) is 15.5. The Balaban J connectivity index is 1.68. The van der Waals surface area contributed by atoms with Crippen LogP contribution >= 0.6 is 0 Å². The Morgan fingerprint density at radius 2 is 2.23 bits per heavy atom. The molecule has 0 saturated carbocycles. The number of imidazole rings is 1. The highest BCUT2D eigenvalue weighted by Crippen LogP contribution is 2.21. The van der Waals surface area contributed by atoms with E-state index in [0.29, 0.717) is 18.9 Å². The second kappa shape index (κ2) is 6.15. The lowest BCUT2D eigenvalue weighted by molar-refractivity contribution is 0.112. The van der Waals surface area contributed by atoms with E-state index in [9.17, 15) is 4.79 Å². The van der Waals surface area contributed by atoms with Crippen LogP contribution in [0.2, 0.25) is 0 Å². The Morgan fingerprint density at radius 1 is 1.36 bits per heavy atom. The van der Waals surface area contributed by atoms with Crippen molar-refractivity contribution < 1.29 is 4.79 Å². The van der Waals surface area contributed by atoms with Gasteiger partial charge >= 0.3 is 6.03 Å². The third-order valence-corrected chi connectivity index (χ3v) is 3.92. The molecule has 2 amide bonds. The maximum atomic E-state index is 12.4. The molecule has 7 nitrogen and oxygen atoms in total. The smallest absolute Gasteiger partial charge is 0.323 e. The van der Waals surface area contributed by atoms with Gasteiger partial charge in [-0.1, -0.05) is 0 Å². The van der Waals surface area contributed by atoms with E-state index in [1.54, 1.807) is 23.5 Å². The van der Waals surface area contributed by atoms with Crippen LogP contribution in [0.1, 0.15) is 17.4 Å². The molecule has 1 fully saturated rings. The zero-order valence-electron chi connectivity index (χ0n) is 12.8. The highest BCUT2D eigenvalue weighted by Gasteiger charge is 2.30. The van der Waals surface area contributed by atoms with Crippen LogP contribution in [0.25, 0.3) is 0 Å². The number of rotatable bonds is 2. The number of hydrogen-bond acceptors (Lipinski definition) is 4. The van der Waals surface area contributed by atoms with E-state index < -0.39 is 0 Å². The van der Waals surface area contributed by atoms with Crippen LogP contribution in [0, 0.1) is 6.92 Å². The maximum Gasteiger partial charge on any atom is 0.323 e. The van der Waals surface area contributed by atoms with Gasteiger partial charge in [0.1, 0.15) is 11.6 Å². The number of nitrogens with zero attached hydrogens (tertiary/aromatic N) is 4. The molecule has 2 aromatic heterocycles. The first kappa shape index (κ1) is 14.5. The third kappa shape index (κ3) is 3.09. The summed E-state index contributed by atoms with van der Waals surface area (Å²) in [6.07, 6.45) is 5.23. The molecule has 1 aliphatic heterocycles. The average molecular weight is 300 g/mol. The summed E-state index contributed by atoms with van der Waals surface area (Å²) < 4.78 is 0. The number of aromatic amines is 1. The number of hydrogen-bond donors (Lipinski definition) is 2. The van der Waals surface area contributed by atoms with E-state index in [1.807, 2.05) is 26.1 Å². The van der Waals surface area contributed by atoms with Crippen molar-refractivity contribution in [3.8, 4) is 0 Å². The van der Waals surface area contributed by atoms with E-state index in [4.69, 9.17) is 0 Å². The minimum absolute atomic E-state index is 0.0833. The predicted molar refractivity (Wildman–Crippen MR) is 83.5 cm³/mol. The molecule has 1 aliphatic rings. The molecule has 3 heterocycles. The zero-order valence-corrected chi connectivity index (χ0v) is 12.8. The highest BCUT2D eigenvalue weighted by atomic mass is 16.2. The van der Waals surface area contributed by atoms with Crippen LogP contribution in [-0.2, 0) is 0 Å². The van der Waals surface area contributed by atoms with Crippen LogP contribution < -0.4 is 5.32 Å². The number of anilines is 1. The van der Waals surface area contributed by atoms with Gasteiger partial charge in [0.2, 0.25) is 0 Å². The SMILES string of the molecule is Cc1ccnc(NC(=O)N2CCN(C)[C@@H](c3ncc[nH]3)C2)c1. The molecule has 0 aliphatic carbocycles. The number of carbonyl (C=O) groups excluding carboxylic acids is 1. The topological polar surface area (TPSA) is 77.2 Å². The molecular formula is C15H20N6O. The average Bonchev–Trinajstić information content (AvgIpc) is 3.01. The van der Waals surface area contributed by atoms with Gasteiger partial charge < -0.3 is 9.88 Å². The van der Waals surface area contributed by atoms with Gasteiger partial charge in [0, 0.05) is 38.2 Å². The summed E-state index contributed by atoms with van der Waals surface area (Å²) in [6, 6.07) is 3.72. The lowest BCUT2D eigenvalue weighted by Crippen LogP contribution is -2.50. The van der Waals surface area contributed by atoms with Crippen LogP contribution in [0.15, 0.2) is 30.7 Å². The molecule has 22 heavy (non-hydrogen) atoms. The molecule has 0 radical (unpaired) electrons. The van der Waals surface area contributed by atoms with Crippen LogP contribution in [0.4, 0.5) is 10.6 Å². The molecule has 1 atom stereocenters. The van der Waals surface area contributed by atoms with E-state index in [2.05, 4.69) is 25.2 Å². The molecule has 2 aromatic rings. The van der Waals surface area contributed by atoms with Crippen LogP contribution in [0.3, 0.4) is 0 Å². The lowest BCUT2D eigenvalue weighted by Gasteiger charge is -2.38. The van der Waals surface area contributed by atoms with Gasteiger partial charge in [0.25, 0.3) is 0 Å². The monoisotopic (exact) mass is 300 g/mol. The fourth-order valence-electron chi connectivity index (χ4n) is 2.61. The molecule has 0 unspecified atom stereocenters. The number of likely N-dealkylation sites (N-methyl/N-ethyl adjacent to an activating group) is 1. The van der Waals surface area contributed by atoms with Crippen molar-refractivity contribution in [2.75, 3.05) is 32.0 Å². The van der Waals surface area contributed by atoms with E-state index in [0.717, 1.165) is 17.9 Å². The summed E-state index contributed by atoms with van der Waals surface area (Å²) in [4.78, 5) is 28.0. The number of aryl methyl sites for hydroxylation is 1. The van der Waals surface area contributed by atoms with Crippen molar-refractivity contribution in [3.63, 3.8) is 0 Å². The number of nitrogens with one attached hydrogen (secondary N) is 2. The minimum atomic E-state index is -0.122. The minimum Gasteiger partial charge on any atom is -0.347 e. The maximum absolute atomic E-state index is 12.4. The third-order valence-electron chi connectivity index (χ3n) is 3.92. The van der Waals surface area contributed by atoms with Crippen molar-refractivity contribution in [2.45, 2.75) is 13.0 Å². The van der Waals surface area contributed by atoms with Gasteiger partial charge in [-0.2, -0.15) is 0 Å². The molecule has 3 rings (SSSR count). The summed E-state index contributed by atoms with van der Waals surface area (Å²) in [5.74, 6) is 1.46. The second-order valence-electron chi connectivity index (χ2n) is 5.57. The molecule has 116 valence electrons. The fraction of sp³-hybridized carbons (Fsp3) is 0.400.